The van der Waals surface area contributed by atoms with Gasteiger partial charge >= 0.3 is 0 Å². The Morgan fingerprint density at radius 3 is 2.27 bits per heavy atom. The molecule has 10 nitrogen and oxygen atoms in total. The molecule has 2 fully saturated rings. The van der Waals surface area contributed by atoms with E-state index in [0.29, 0.717) is 44.6 Å². The van der Waals surface area contributed by atoms with Crippen LogP contribution >= 0.6 is 0 Å². The fourth-order valence-corrected chi connectivity index (χ4v) is 5.08. The van der Waals surface area contributed by atoms with Crippen molar-refractivity contribution in [2.75, 3.05) is 46.4 Å². The molecule has 228 valence electrons. The van der Waals surface area contributed by atoms with Gasteiger partial charge in [0.25, 0.3) is 11.8 Å². The van der Waals surface area contributed by atoms with Crippen LogP contribution in [0.1, 0.15) is 64.2 Å². The number of nitrogens with zero attached hydrogens (tertiary/aromatic N) is 3. The number of ether oxygens (including phenoxy) is 1. The molecule has 0 saturated carbocycles. The fraction of sp³-hybridized carbons (Fsp3) is 0.655. The minimum absolute atomic E-state index is 0.000375. The molecular formula is C29H43F2N5O5. The summed E-state index contributed by atoms with van der Waals surface area (Å²) in [6, 6.07) is -0.220. The predicted octanol–water partition coefficient (Wildman–Crippen LogP) is 2.17. The molecule has 2 heterocycles. The zero-order chi connectivity index (χ0) is 30.5. The highest BCUT2D eigenvalue weighted by Crippen LogP contribution is 2.25. The lowest BCUT2D eigenvalue weighted by molar-refractivity contribution is -0.145. The van der Waals surface area contributed by atoms with Gasteiger partial charge in [0.05, 0.1) is 5.56 Å². The van der Waals surface area contributed by atoms with E-state index in [-0.39, 0.29) is 29.6 Å². The maximum Gasteiger partial charge on any atom is 0.258 e. The fourth-order valence-electron chi connectivity index (χ4n) is 5.08. The summed E-state index contributed by atoms with van der Waals surface area (Å²) >= 11 is 0. The number of piperazine rings is 1. The van der Waals surface area contributed by atoms with Gasteiger partial charge in [-0.1, -0.05) is 13.8 Å². The van der Waals surface area contributed by atoms with Crippen molar-refractivity contribution in [3.63, 3.8) is 0 Å². The topological polar surface area (TPSA) is 111 Å². The Balaban J connectivity index is 1.78. The summed E-state index contributed by atoms with van der Waals surface area (Å²) in [5, 5.41) is 5.35. The minimum Gasteiger partial charge on any atom is -0.483 e. The number of likely N-dealkylation sites (N-methyl/N-ethyl adjacent to an activating group) is 1. The second kappa shape index (κ2) is 13.6. The van der Waals surface area contributed by atoms with Crippen LogP contribution in [0.5, 0.6) is 5.75 Å². The van der Waals surface area contributed by atoms with E-state index in [2.05, 4.69) is 15.5 Å². The van der Waals surface area contributed by atoms with Crippen LogP contribution in [0.3, 0.4) is 0 Å². The molecule has 0 radical (unpaired) electrons. The number of hydrogen-bond acceptors (Lipinski definition) is 6. The van der Waals surface area contributed by atoms with Crippen molar-refractivity contribution in [2.45, 2.75) is 71.5 Å². The Labute approximate surface area is 240 Å². The number of nitrogens with one attached hydrogen (secondary N) is 2. The van der Waals surface area contributed by atoms with Crippen LogP contribution in [-0.4, -0.2) is 102 Å². The SMILES string of the molecule is CC(C)C[C@@H](NC(=O)c1cc(F)c(F)cc1OCC(=O)NC(C)(C)C)C(=O)N1CCC[C@@H]1C(=O)N1CCN(C)CC1. The molecule has 0 unspecified atom stereocenters. The third kappa shape index (κ3) is 8.85. The molecule has 41 heavy (non-hydrogen) atoms. The summed E-state index contributed by atoms with van der Waals surface area (Å²) in [5.41, 5.74) is -0.890. The van der Waals surface area contributed by atoms with Crippen molar-refractivity contribution in [3.05, 3.63) is 29.3 Å². The maximum atomic E-state index is 14.2. The molecule has 1 aromatic carbocycles. The van der Waals surface area contributed by atoms with E-state index < -0.39 is 53.6 Å². The van der Waals surface area contributed by atoms with Gasteiger partial charge in [0.2, 0.25) is 11.8 Å². The standard InChI is InChI=1S/C29H43F2N5O5/c1-18(2)14-22(27(39)36-9-7-8-23(36)28(40)35-12-10-34(6)11-13-35)32-26(38)19-15-20(30)21(31)16-24(19)41-17-25(37)33-29(3,4)5/h15-16,18,22-23H,7-14,17H2,1-6H3,(H,32,38)(H,33,37)/t22-,23-/m1/s1. The molecule has 0 spiro atoms. The molecule has 2 aliphatic rings. The monoisotopic (exact) mass is 579 g/mol. The van der Waals surface area contributed by atoms with E-state index in [1.54, 1.807) is 25.7 Å². The zero-order valence-electron chi connectivity index (χ0n) is 24.9. The Morgan fingerprint density at radius 2 is 1.66 bits per heavy atom. The van der Waals surface area contributed by atoms with Gasteiger partial charge in [0.15, 0.2) is 18.2 Å². The van der Waals surface area contributed by atoms with Crippen LogP contribution in [0, 0.1) is 17.6 Å². The molecule has 2 saturated heterocycles. The first kappa shape index (κ1) is 32.2. The number of carbonyl (C=O) groups is 4. The van der Waals surface area contributed by atoms with Crippen LogP contribution < -0.4 is 15.4 Å². The predicted molar refractivity (Wildman–Crippen MR) is 149 cm³/mol. The Kier molecular flexibility index (Phi) is 10.7. The Hall–Kier alpha value is -3.28. The number of hydrogen-bond donors (Lipinski definition) is 2. The normalized spacial score (nSPS) is 18.8. The zero-order valence-corrected chi connectivity index (χ0v) is 24.9. The molecule has 2 N–H and O–H groups in total. The van der Waals surface area contributed by atoms with Crippen molar-refractivity contribution in [1.29, 1.82) is 0 Å². The molecule has 2 atom stereocenters. The van der Waals surface area contributed by atoms with Gasteiger partial charge < -0.3 is 30.1 Å². The first-order valence-corrected chi connectivity index (χ1v) is 14.2. The van der Waals surface area contributed by atoms with Gasteiger partial charge in [0.1, 0.15) is 17.8 Å². The quantitative estimate of drug-likeness (QED) is 0.464. The van der Waals surface area contributed by atoms with Crippen LogP contribution in [-0.2, 0) is 14.4 Å². The maximum absolute atomic E-state index is 14.2. The van der Waals surface area contributed by atoms with Crippen LogP contribution in [0.15, 0.2) is 12.1 Å². The smallest absolute Gasteiger partial charge is 0.258 e. The van der Waals surface area contributed by atoms with E-state index in [4.69, 9.17) is 4.74 Å². The van der Waals surface area contributed by atoms with Crippen LogP contribution in [0.4, 0.5) is 8.78 Å². The third-order valence-corrected chi connectivity index (χ3v) is 7.09. The minimum atomic E-state index is -1.27. The average molecular weight is 580 g/mol. The Morgan fingerprint density at radius 1 is 1.02 bits per heavy atom. The van der Waals surface area contributed by atoms with Gasteiger partial charge in [-0.3, -0.25) is 19.2 Å². The summed E-state index contributed by atoms with van der Waals surface area (Å²) in [5.74, 6) is -4.70. The van der Waals surface area contributed by atoms with Crippen molar-refractivity contribution >= 4 is 23.6 Å². The highest BCUT2D eigenvalue weighted by molar-refractivity contribution is 6.00. The molecule has 0 aliphatic carbocycles. The molecule has 12 heteroatoms. The molecule has 3 rings (SSSR count). The highest BCUT2D eigenvalue weighted by Gasteiger charge is 2.40. The van der Waals surface area contributed by atoms with Gasteiger partial charge in [-0.25, -0.2) is 8.78 Å². The summed E-state index contributed by atoms with van der Waals surface area (Å²) in [6.45, 7) is 11.7. The summed E-state index contributed by atoms with van der Waals surface area (Å²) in [4.78, 5) is 58.2. The van der Waals surface area contributed by atoms with E-state index in [1.165, 1.54) is 4.90 Å². The van der Waals surface area contributed by atoms with E-state index in [1.807, 2.05) is 20.9 Å². The van der Waals surface area contributed by atoms with Crippen molar-refractivity contribution in [2.24, 2.45) is 5.92 Å². The van der Waals surface area contributed by atoms with Gasteiger partial charge in [0, 0.05) is 44.3 Å². The first-order chi connectivity index (χ1) is 19.2. The lowest BCUT2D eigenvalue weighted by Gasteiger charge is -2.36. The number of likely N-dealkylation sites (tertiary alicyclic amines) is 1. The van der Waals surface area contributed by atoms with Crippen LogP contribution in [0.25, 0.3) is 0 Å². The summed E-state index contributed by atoms with van der Waals surface area (Å²) in [6.07, 6.45) is 1.47. The van der Waals surface area contributed by atoms with Crippen LogP contribution in [0.2, 0.25) is 0 Å². The number of benzene rings is 1. The largest absolute Gasteiger partial charge is 0.483 e. The van der Waals surface area contributed by atoms with E-state index >= 15 is 0 Å². The molecular weight excluding hydrogens is 536 g/mol. The summed E-state index contributed by atoms with van der Waals surface area (Å²) in [7, 11) is 2.00. The molecule has 2 aliphatic heterocycles. The Bertz CT molecular complexity index is 1130. The molecule has 0 aromatic heterocycles. The first-order valence-electron chi connectivity index (χ1n) is 14.2. The van der Waals surface area contributed by atoms with Gasteiger partial charge in [-0.2, -0.15) is 0 Å². The van der Waals surface area contributed by atoms with E-state index in [9.17, 15) is 28.0 Å². The molecule has 4 amide bonds. The van der Waals surface area contributed by atoms with Crippen molar-refractivity contribution in [1.82, 2.24) is 25.3 Å². The number of amides is 4. The summed E-state index contributed by atoms with van der Waals surface area (Å²) < 4.78 is 33.7. The molecule has 1 aromatic rings. The number of rotatable bonds is 9. The van der Waals surface area contributed by atoms with Gasteiger partial charge in [-0.05, 0) is 59.1 Å². The van der Waals surface area contributed by atoms with Gasteiger partial charge in [-0.15, -0.1) is 0 Å². The number of carbonyl (C=O) groups excluding carboxylic acids is 4. The van der Waals surface area contributed by atoms with Crippen molar-refractivity contribution in [3.8, 4) is 5.75 Å². The third-order valence-electron chi connectivity index (χ3n) is 7.09. The van der Waals surface area contributed by atoms with E-state index in [0.717, 1.165) is 13.1 Å². The van der Waals surface area contributed by atoms with Crippen molar-refractivity contribution < 1.29 is 32.7 Å². The number of halogens is 2. The second-order valence-electron chi connectivity index (χ2n) is 12.3. The lowest BCUT2D eigenvalue weighted by atomic mass is 10.0. The lowest BCUT2D eigenvalue weighted by Crippen LogP contribution is -2.56. The highest BCUT2D eigenvalue weighted by atomic mass is 19.2. The second-order valence-corrected chi connectivity index (χ2v) is 12.3. The molecule has 0 bridgehead atoms. The average Bonchev–Trinajstić information content (AvgIpc) is 3.37.